The first-order valence-corrected chi connectivity index (χ1v) is 14.3. The Morgan fingerprint density at radius 1 is 1.10 bits per heavy atom. The van der Waals surface area contributed by atoms with Crippen molar-refractivity contribution in [2.24, 2.45) is 5.41 Å². The number of hydrogen-bond donors (Lipinski definition) is 1. The monoisotopic (exact) mass is 555 g/mol. The zero-order chi connectivity index (χ0) is 28.5. The number of aromatic nitrogens is 2. The maximum absolute atomic E-state index is 13.4. The Bertz CT molecular complexity index is 1610. The lowest BCUT2D eigenvalue weighted by molar-refractivity contribution is -0.170. The zero-order valence-electron chi connectivity index (χ0n) is 23.3. The van der Waals surface area contributed by atoms with E-state index in [0.29, 0.717) is 50.4 Å². The van der Waals surface area contributed by atoms with Gasteiger partial charge in [0.05, 0.1) is 36.1 Å². The van der Waals surface area contributed by atoms with Crippen LogP contribution in [0.15, 0.2) is 42.7 Å². The molecular weight excluding hydrogens is 522 g/mol. The molecule has 5 heterocycles. The van der Waals surface area contributed by atoms with Crippen LogP contribution in [0.3, 0.4) is 0 Å². The van der Waals surface area contributed by atoms with Gasteiger partial charge in [-0.3, -0.25) is 34.1 Å². The Morgan fingerprint density at radius 2 is 1.88 bits per heavy atom. The van der Waals surface area contributed by atoms with Gasteiger partial charge in [0.1, 0.15) is 6.04 Å². The van der Waals surface area contributed by atoms with Crippen LogP contribution < -0.4 is 10.2 Å². The van der Waals surface area contributed by atoms with E-state index in [2.05, 4.69) is 18.4 Å². The maximum Gasteiger partial charge on any atom is 0.259 e. The summed E-state index contributed by atoms with van der Waals surface area (Å²) >= 11 is 0. The summed E-state index contributed by atoms with van der Waals surface area (Å²) in [7, 11) is 0. The van der Waals surface area contributed by atoms with E-state index in [9.17, 15) is 19.2 Å². The van der Waals surface area contributed by atoms with Gasteiger partial charge in [-0.2, -0.15) is 5.10 Å². The molecule has 7 rings (SSSR count). The summed E-state index contributed by atoms with van der Waals surface area (Å²) < 4.78 is 7.34. The van der Waals surface area contributed by atoms with E-state index in [1.807, 2.05) is 47.0 Å². The lowest BCUT2D eigenvalue weighted by Crippen LogP contribution is -2.56. The van der Waals surface area contributed by atoms with Gasteiger partial charge in [-0.25, -0.2) is 0 Å². The highest BCUT2D eigenvalue weighted by molar-refractivity contribution is 6.27. The number of carbonyl (C=O) groups is 4. The third-order valence-corrected chi connectivity index (χ3v) is 9.41. The first-order valence-electron chi connectivity index (χ1n) is 14.3. The summed E-state index contributed by atoms with van der Waals surface area (Å²) in [5.74, 6) is -0.750. The molecule has 2 aromatic carbocycles. The van der Waals surface area contributed by atoms with E-state index in [1.54, 1.807) is 11.0 Å². The van der Waals surface area contributed by atoms with Crippen LogP contribution >= 0.6 is 0 Å². The molecule has 3 fully saturated rings. The van der Waals surface area contributed by atoms with Crippen molar-refractivity contribution < 1.29 is 23.9 Å². The molecule has 0 spiro atoms. The van der Waals surface area contributed by atoms with Gasteiger partial charge in [0, 0.05) is 43.1 Å². The lowest BCUT2D eigenvalue weighted by atomic mass is 9.84. The highest BCUT2D eigenvalue weighted by atomic mass is 16.5. The third kappa shape index (κ3) is 4.07. The van der Waals surface area contributed by atoms with Crippen LogP contribution in [-0.2, 0) is 31.1 Å². The van der Waals surface area contributed by atoms with Crippen LogP contribution in [0, 0.1) is 5.41 Å². The van der Waals surface area contributed by atoms with Gasteiger partial charge in [0.2, 0.25) is 17.7 Å². The largest absolute Gasteiger partial charge is 0.379 e. The third-order valence-electron chi connectivity index (χ3n) is 9.41. The Hall–Kier alpha value is -4.05. The Labute approximate surface area is 237 Å². The number of hydrogen-bond acceptors (Lipinski definition) is 6. The number of imide groups is 1. The van der Waals surface area contributed by atoms with Crippen LogP contribution in [0.5, 0.6) is 0 Å². The fourth-order valence-electron chi connectivity index (χ4n) is 6.76. The number of nitrogens with one attached hydrogen (secondary N) is 1. The molecule has 1 atom stereocenters. The molecule has 0 saturated carbocycles. The molecule has 1 N–H and O–H groups in total. The van der Waals surface area contributed by atoms with Crippen molar-refractivity contribution in [2.75, 3.05) is 31.2 Å². The van der Waals surface area contributed by atoms with Crippen LogP contribution in [0.2, 0.25) is 0 Å². The molecule has 41 heavy (non-hydrogen) atoms. The molecule has 0 bridgehead atoms. The van der Waals surface area contributed by atoms with Crippen molar-refractivity contribution in [3.63, 3.8) is 0 Å². The number of nitrogens with zero attached hydrogens (tertiary/aromatic N) is 4. The highest BCUT2D eigenvalue weighted by Crippen LogP contribution is 2.41. The number of piperidine rings is 2. The van der Waals surface area contributed by atoms with Gasteiger partial charge in [-0.1, -0.05) is 18.2 Å². The molecule has 1 unspecified atom stereocenters. The Balaban J connectivity index is 1.11. The lowest BCUT2D eigenvalue weighted by Gasteiger charge is -2.45. The van der Waals surface area contributed by atoms with Crippen molar-refractivity contribution in [1.82, 2.24) is 20.0 Å². The molecule has 212 valence electrons. The Kier molecular flexibility index (Phi) is 5.83. The second kappa shape index (κ2) is 9.24. The van der Waals surface area contributed by atoms with Gasteiger partial charge < -0.3 is 9.64 Å². The summed E-state index contributed by atoms with van der Waals surface area (Å²) in [6.07, 6.45) is 6.83. The first kappa shape index (κ1) is 25.9. The molecule has 4 aliphatic rings. The van der Waals surface area contributed by atoms with Crippen LogP contribution in [0.4, 0.5) is 5.69 Å². The standard InChI is InChI=1S/C31H33N5O5/c1-30(17-41-18-30)29(40)34-12-10-31(2,11-13-34)35-16-19(15-32-35)14-20-6-7-23-26-21(20)4-3-5-22(26)28(39)36(23)24-8-9-25(37)33-27(24)38/h3-7,15-16,24H,8-14,17-18H2,1-2H3,(H,33,37,38). The number of likely N-dealkylation sites (tertiary alicyclic amines) is 1. The molecule has 3 aromatic rings. The van der Waals surface area contributed by atoms with Crippen molar-refractivity contribution >= 4 is 40.1 Å². The predicted octanol–water partition coefficient (Wildman–Crippen LogP) is 2.77. The van der Waals surface area contributed by atoms with Gasteiger partial charge in [0.25, 0.3) is 5.91 Å². The smallest absolute Gasteiger partial charge is 0.259 e. The molecular formula is C31H33N5O5. The SMILES string of the molecule is CC1(C(=O)N2CCC(C)(n3cc(Cc4ccc5c6c(cccc46)C(=O)N5C4CCC(=O)NC4=O)cn3)CC2)COC1. The number of amides is 4. The van der Waals surface area contributed by atoms with E-state index >= 15 is 0 Å². The maximum atomic E-state index is 13.4. The number of carbonyl (C=O) groups excluding carboxylic acids is 4. The topological polar surface area (TPSA) is 114 Å². The molecule has 10 nitrogen and oxygen atoms in total. The normalized spacial score (nSPS) is 23.1. The number of rotatable bonds is 5. The average Bonchev–Trinajstić information content (AvgIpc) is 3.53. The fourth-order valence-corrected chi connectivity index (χ4v) is 6.76. The molecule has 4 aliphatic heterocycles. The zero-order valence-corrected chi connectivity index (χ0v) is 23.3. The summed E-state index contributed by atoms with van der Waals surface area (Å²) in [5.41, 5.74) is 2.88. The number of anilines is 1. The van der Waals surface area contributed by atoms with E-state index in [0.717, 1.165) is 34.7 Å². The van der Waals surface area contributed by atoms with Crippen LogP contribution in [0.25, 0.3) is 10.8 Å². The molecule has 1 aromatic heterocycles. The van der Waals surface area contributed by atoms with E-state index in [4.69, 9.17) is 9.84 Å². The quantitative estimate of drug-likeness (QED) is 0.485. The van der Waals surface area contributed by atoms with Gasteiger partial charge in [-0.05, 0) is 61.8 Å². The molecule has 10 heteroatoms. The molecule has 3 saturated heterocycles. The first-order chi connectivity index (χ1) is 19.7. The Morgan fingerprint density at radius 3 is 2.59 bits per heavy atom. The minimum Gasteiger partial charge on any atom is -0.379 e. The predicted molar refractivity (Wildman–Crippen MR) is 150 cm³/mol. The second-order valence-corrected chi connectivity index (χ2v) is 12.4. The minimum atomic E-state index is -0.702. The van der Waals surface area contributed by atoms with Gasteiger partial charge >= 0.3 is 0 Å². The summed E-state index contributed by atoms with van der Waals surface area (Å²) in [6, 6.07) is 8.94. The van der Waals surface area contributed by atoms with Crippen molar-refractivity contribution in [3.05, 3.63) is 59.4 Å². The number of benzene rings is 2. The second-order valence-electron chi connectivity index (χ2n) is 12.4. The van der Waals surface area contributed by atoms with Crippen LogP contribution in [-0.4, -0.2) is 70.7 Å². The molecule has 0 radical (unpaired) electrons. The highest BCUT2D eigenvalue weighted by Gasteiger charge is 2.46. The molecule has 0 aliphatic carbocycles. The summed E-state index contributed by atoms with van der Waals surface area (Å²) in [5, 5.41) is 8.94. The molecule has 4 amide bonds. The van der Waals surface area contributed by atoms with E-state index in [-0.39, 0.29) is 35.1 Å². The van der Waals surface area contributed by atoms with E-state index < -0.39 is 11.9 Å². The van der Waals surface area contributed by atoms with Crippen molar-refractivity contribution in [1.29, 1.82) is 0 Å². The average molecular weight is 556 g/mol. The van der Waals surface area contributed by atoms with Gasteiger partial charge in [-0.15, -0.1) is 0 Å². The van der Waals surface area contributed by atoms with E-state index in [1.165, 1.54) is 0 Å². The summed E-state index contributed by atoms with van der Waals surface area (Å²) in [4.78, 5) is 54.2. The van der Waals surface area contributed by atoms with Gasteiger partial charge in [0.15, 0.2) is 0 Å². The van der Waals surface area contributed by atoms with Crippen LogP contribution in [0.1, 0.15) is 61.0 Å². The number of ether oxygens (including phenoxy) is 1. The summed E-state index contributed by atoms with van der Waals surface area (Å²) in [6.45, 7) is 6.59. The van der Waals surface area contributed by atoms with Crippen molar-refractivity contribution in [2.45, 2.75) is 57.5 Å². The minimum absolute atomic E-state index is 0.178. The fraction of sp³-hybridized carbons (Fsp3) is 0.452. The van der Waals surface area contributed by atoms with Crippen molar-refractivity contribution in [3.8, 4) is 0 Å².